The largest absolute Gasteiger partial charge is 0.432 e. The number of aryl methyl sites for hydroxylation is 2. The smallest absolute Gasteiger partial charge is 0.188 e. The molecule has 18 heavy (non-hydrogen) atoms. The van der Waals surface area contributed by atoms with E-state index in [2.05, 4.69) is 24.9 Å². The number of hydrogen-bond acceptors (Lipinski definition) is 3. The normalized spacial score (nSPS) is 12.3. The van der Waals surface area contributed by atoms with Crippen LogP contribution >= 0.6 is 0 Å². The monoisotopic (exact) mass is 262 g/mol. The summed E-state index contributed by atoms with van der Waals surface area (Å²) in [7, 11) is -2.15. The molecule has 0 saturated heterocycles. The molecule has 1 rings (SSSR count). The van der Waals surface area contributed by atoms with Gasteiger partial charge >= 0.3 is 0 Å². The third-order valence-electron chi connectivity index (χ3n) is 3.82. The maximum absolute atomic E-state index is 10.3. The van der Waals surface area contributed by atoms with E-state index in [0.717, 1.165) is 24.1 Å². The van der Waals surface area contributed by atoms with E-state index in [4.69, 9.17) is 5.26 Å². The van der Waals surface area contributed by atoms with Gasteiger partial charge in [-0.2, -0.15) is 5.26 Å². The first-order valence-electron chi connectivity index (χ1n) is 6.26. The third-order valence-corrected chi connectivity index (χ3v) is 7.39. The fourth-order valence-electron chi connectivity index (χ4n) is 1.70. The van der Waals surface area contributed by atoms with E-state index in [9.17, 15) is 4.80 Å². The van der Waals surface area contributed by atoms with Crippen LogP contribution in [-0.4, -0.2) is 18.1 Å². The Bertz CT molecular complexity index is 470. The minimum absolute atomic E-state index is 0.0308. The van der Waals surface area contributed by atoms with E-state index < -0.39 is 8.32 Å². The number of nitriles is 1. The molecule has 0 radical (unpaired) electrons. The molecule has 0 aliphatic heterocycles. The fourth-order valence-corrected chi connectivity index (χ4v) is 2.44. The van der Waals surface area contributed by atoms with Crippen LogP contribution in [0.5, 0.6) is 0 Å². The van der Waals surface area contributed by atoms with Gasteiger partial charge in [-0.15, -0.1) is 0 Å². The van der Waals surface area contributed by atoms with Gasteiger partial charge < -0.3 is 4.80 Å². The Morgan fingerprint density at radius 2 is 2.00 bits per heavy atom. The van der Waals surface area contributed by atoms with Crippen molar-refractivity contribution in [2.75, 3.05) is 0 Å². The first kappa shape index (κ1) is 14.9. The molecular weight excluding hydrogens is 240 g/mol. The van der Waals surface area contributed by atoms with Crippen LogP contribution in [-0.2, 0) is 6.42 Å². The van der Waals surface area contributed by atoms with Gasteiger partial charge in [0.25, 0.3) is 0 Å². The Balaban J connectivity index is 2.82. The topological polar surface area (TPSA) is 56.9 Å². The van der Waals surface area contributed by atoms with Crippen molar-refractivity contribution in [2.24, 2.45) is 0 Å². The molecule has 4 heteroatoms. The minimum atomic E-state index is -2.15. The van der Waals surface area contributed by atoms with Crippen LogP contribution in [0.2, 0.25) is 18.1 Å². The van der Waals surface area contributed by atoms with Gasteiger partial charge in [0.15, 0.2) is 8.32 Å². The predicted molar refractivity (Wildman–Crippen MR) is 75.8 cm³/mol. The van der Waals surface area contributed by atoms with E-state index in [-0.39, 0.29) is 5.04 Å². The van der Waals surface area contributed by atoms with E-state index >= 15 is 0 Å². The number of aromatic nitrogens is 1. The van der Waals surface area contributed by atoms with Crippen molar-refractivity contribution in [2.45, 2.75) is 51.7 Å². The summed E-state index contributed by atoms with van der Waals surface area (Å²) in [6, 6.07) is 5.94. The van der Waals surface area contributed by atoms with Crippen LogP contribution in [0.15, 0.2) is 12.1 Å². The number of rotatable bonds is 4. The molecule has 0 unspecified atom stereocenters. The van der Waals surface area contributed by atoms with Gasteiger partial charge in [-0.1, -0.05) is 13.8 Å². The van der Waals surface area contributed by atoms with Gasteiger partial charge in [0.2, 0.25) is 0 Å². The molecule has 0 amide bonds. The zero-order chi connectivity index (χ0) is 14.0. The lowest BCUT2D eigenvalue weighted by Crippen LogP contribution is -2.39. The Morgan fingerprint density at radius 1 is 1.39 bits per heavy atom. The van der Waals surface area contributed by atoms with Gasteiger partial charge in [0.05, 0.1) is 0 Å². The second-order valence-electron chi connectivity index (χ2n) is 6.06. The molecule has 1 heterocycles. The highest BCUT2D eigenvalue weighted by Crippen LogP contribution is 2.39. The Hall–Kier alpha value is -1.18. The van der Waals surface area contributed by atoms with Gasteiger partial charge in [-0.25, -0.2) is 4.98 Å². The van der Waals surface area contributed by atoms with Crippen molar-refractivity contribution in [3.8, 4) is 6.07 Å². The van der Waals surface area contributed by atoms with Gasteiger partial charge in [-0.05, 0) is 55.6 Å². The molecule has 0 aliphatic carbocycles. The summed E-state index contributed by atoms with van der Waals surface area (Å²) in [6.45, 7) is 10.1. The van der Waals surface area contributed by atoms with Gasteiger partial charge in [0.1, 0.15) is 11.8 Å². The standard InChI is InChI=1S/C14H22N2OSi/c1-11-8-12(9-13(10-15)16-11)6-7-14(2,3)18(4,5)17/h8-9,17H,6-7H2,1-5H3. The number of pyridine rings is 1. The van der Waals surface area contributed by atoms with Crippen molar-refractivity contribution in [1.29, 1.82) is 5.26 Å². The summed E-state index contributed by atoms with van der Waals surface area (Å²) in [5, 5.41) is 8.87. The molecule has 0 saturated carbocycles. The summed E-state index contributed by atoms with van der Waals surface area (Å²) >= 11 is 0. The number of nitrogens with zero attached hydrogens (tertiary/aromatic N) is 2. The molecule has 98 valence electrons. The Morgan fingerprint density at radius 3 is 2.50 bits per heavy atom. The van der Waals surface area contributed by atoms with Crippen molar-refractivity contribution < 1.29 is 4.80 Å². The first-order chi connectivity index (χ1) is 8.15. The molecule has 1 aromatic heterocycles. The zero-order valence-electron chi connectivity index (χ0n) is 11.9. The van der Waals surface area contributed by atoms with E-state index in [1.54, 1.807) is 0 Å². The number of hydrogen-bond donors (Lipinski definition) is 1. The van der Waals surface area contributed by atoms with Crippen LogP contribution in [0.25, 0.3) is 0 Å². The highest BCUT2D eigenvalue weighted by molar-refractivity contribution is 6.72. The van der Waals surface area contributed by atoms with Crippen LogP contribution in [0.1, 0.15) is 37.2 Å². The summed E-state index contributed by atoms with van der Waals surface area (Å²) in [5.41, 5.74) is 2.48. The van der Waals surface area contributed by atoms with Crippen molar-refractivity contribution in [3.63, 3.8) is 0 Å². The van der Waals surface area contributed by atoms with E-state index in [0.29, 0.717) is 5.69 Å². The zero-order valence-corrected chi connectivity index (χ0v) is 12.9. The maximum atomic E-state index is 10.3. The molecule has 0 aliphatic rings. The Labute approximate surface area is 111 Å². The average molecular weight is 262 g/mol. The highest BCUT2D eigenvalue weighted by atomic mass is 28.4. The van der Waals surface area contributed by atoms with Gasteiger partial charge in [-0.3, -0.25) is 0 Å². The summed E-state index contributed by atoms with van der Waals surface area (Å²) in [5.74, 6) is 0. The lowest BCUT2D eigenvalue weighted by atomic mass is 10.0. The maximum Gasteiger partial charge on any atom is 0.188 e. The van der Waals surface area contributed by atoms with E-state index in [1.807, 2.05) is 32.2 Å². The first-order valence-corrected chi connectivity index (χ1v) is 9.20. The fraction of sp³-hybridized carbons (Fsp3) is 0.571. The van der Waals surface area contributed by atoms with Crippen LogP contribution < -0.4 is 0 Å². The molecule has 1 aromatic rings. The van der Waals surface area contributed by atoms with E-state index in [1.165, 1.54) is 0 Å². The molecule has 0 fully saturated rings. The SMILES string of the molecule is Cc1cc(CCC(C)(C)[Si](C)(C)O)cc(C#N)n1. The molecular formula is C14H22N2OSi. The summed E-state index contributed by atoms with van der Waals surface area (Å²) in [4.78, 5) is 14.4. The molecule has 0 atom stereocenters. The van der Waals surface area contributed by atoms with Crippen LogP contribution in [0.3, 0.4) is 0 Å². The predicted octanol–water partition coefficient (Wildman–Crippen LogP) is 3.17. The second kappa shape index (κ2) is 5.21. The molecule has 3 nitrogen and oxygen atoms in total. The highest BCUT2D eigenvalue weighted by Gasteiger charge is 2.37. The molecule has 0 spiro atoms. The quantitative estimate of drug-likeness (QED) is 0.848. The van der Waals surface area contributed by atoms with Crippen LogP contribution in [0, 0.1) is 18.3 Å². The van der Waals surface area contributed by atoms with Crippen molar-refractivity contribution in [3.05, 3.63) is 29.1 Å². The molecule has 0 aromatic carbocycles. The average Bonchev–Trinajstić information content (AvgIpc) is 2.24. The minimum Gasteiger partial charge on any atom is -0.432 e. The second-order valence-corrected chi connectivity index (χ2v) is 10.5. The summed E-state index contributed by atoms with van der Waals surface area (Å²) < 4.78 is 0. The lowest BCUT2D eigenvalue weighted by molar-refractivity contribution is 0.451. The van der Waals surface area contributed by atoms with Crippen LogP contribution in [0.4, 0.5) is 0 Å². The van der Waals surface area contributed by atoms with Gasteiger partial charge in [0, 0.05) is 5.69 Å². The Kier molecular flexibility index (Phi) is 4.31. The van der Waals surface area contributed by atoms with Crippen molar-refractivity contribution >= 4 is 8.32 Å². The summed E-state index contributed by atoms with van der Waals surface area (Å²) in [6.07, 6.45) is 1.80. The third kappa shape index (κ3) is 3.66. The molecule has 0 bridgehead atoms. The lowest BCUT2D eigenvalue weighted by Gasteiger charge is -2.35. The van der Waals surface area contributed by atoms with Crippen molar-refractivity contribution in [1.82, 2.24) is 4.98 Å². The molecule has 1 N–H and O–H groups in total.